The van der Waals surface area contributed by atoms with E-state index in [2.05, 4.69) is 15.1 Å². The number of amides is 1. The molecule has 0 bridgehead atoms. The van der Waals surface area contributed by atoms with Gasteiger partial charge in [-0.05, 0) is 36.4 Å². The smallest absolute Gasteiger partial charge is 0.254 e. The number of nitrogens with zero attached hydrogens (tertiary/aromatic N) is 7. The zero-order valence-electron chi connectivity index (χ0n) is 18.3. The molecule has 9 heteroatoms. The summed E-state index contributed by atoms with van der Waals surface area (Å²) in [6.45, 7) is 0.366. The number of hydrogen-bond acceptors (Lipinski definition) is 5. The van der Waals surface area contributed by atoms with Gasteiger partial charge in [-0.25, -0.2) is 19.3 Å². The molecule has 0 aliphatic heterocycles. The van der Waals surface area contributed by atoms with Gasteiger partial charge in [0.15, 0.2) is 5.82 Å². The quantitative estimate of drug-likeness (QED) is 0.367. The molecule has 34 heavy (non-hydrogen) atoms. The van der Waals surface area contributed by atoms with Crippen LogP contribution in [0.2, 0.25) is 5.02 Å². The summed E-state index contributed by atoms with van der Waals surface area (Å²) in [7, 11) is 1.77. The number of pyridine rings is 1. The van der Waals surface area contributed by atoms with Crippen molar-refractivity contribution in [1.82, 2.24) is 34.4 Å². The fourth-order valence-electron chi connectivity index (χ4n) is 3.64. The predicted octanol–water partition coefficient (Wildman–Crippen LogP) is 4.44. The van der Waals surface area contributed by atoms with Crippen molar-refractivity contribution in [2.24, 2.45) is 0 Å². The highest BCUT2D eigenvalue weighted by Gasteiger charge is 2.19. The van der Waals surface area contributed by atoms with Crippen LogP contribution in [0.5, 0.6) is 0 Å². The van der Waals surface area contributed by atoms with E-state index in [0.29, 0.717) is 22.9 Å². The average Bonchev–Trinajstić information content (AvgIpc) is 3.56. The van der Waals surface area contributed by atoms with Crippen molar-refractivity contribution in [1.29, 1.82) is 0 Å². The maximum Gasteiger partial charge on any atom is 0.254 e. The second kappa shape index (κ2) is 9.29. The Hall–Kier alpha value is -4.30. The molecule has 3 heterocycles. The molecule has 0 fully saturated rings. The van der Waals surface area contributed by atoms with E-state index in [1.54, 1.807) is 30.3 Å². The van der Waals surface area contributed by atoms with Gasteiger partial charge in [-0.15, -0.1) is 0 Å². The third-order valence-corrected chi connectivity index (χ3v) is 5.58. The summed E-state index contributed by atoms with van der Waals surface area (Å²) in [4.78, 5) is 23.1. The molecule has 168 valence electrons. The van der Waals surface area contributed by atoms with Crippen LogP contribution in [-0.4, -0.2) is 47.4 Å². The molecule has 0 saturated heterocycles. The van der Waals surface area contributed by atoms with Crippen LogP contribution in [-0.2, 0) is 6.54 Å². The lowest BCUT2D eigenvalue weighted by molar-refractivity contribution is 0.0785. The van der Waals surface area contributed by atoms with Crippen LogP contribution in [0.4, 0.5) is 0 Å². The summed E-state index contributed by atoms with van der Waals surface area (Å²) in [6.07, 6.45) is 6.50. The van der Waals surface area contributed by atoms with E-state index in [1.165, 1.54) is 17.3 Å². The number of halogens is 1. The molecule has 0 saturated carbocycles. The van der Waals surface area contributed by atoms with Crippen LogP contribution in [0.15, 0.2) is 91.8 Å². The largest absolute Gasteiger partial charge is 0.337 e. The predicted molar refractivity (Wildman–Crippen MR) is 129 cm³/mol. The van der Waals surface area contributed by atoms with Gasteiger partial charge < -0.3 is 4.90 Å². The Labute approximate surface area is 201 Å². The van der Waals surface area contributed by atoms with Gasteiger partial charge in [0.2, 0.25) is 0 Å². The number of para-hydroxylation sites is 1. The van der Waals surface area contributed by atoms with Crippen LogP contribution in [0.1, 0.15) is 15.9 Å². The molecule has 8 nitrogen and oxygen atoms in total. The fraction of sp³-hybridized carbons (Fsp3) is 0.0800. The molecule has 3 aromatic heterocycles. The molecule has 5 aromatic rings. The van der Waals surface area contributed by atoms with Crippen molar-refractivity contribution < 1.29 is 4.79 Å². The van der Waals surface area contributed by atoms with Crippen LogP contribution < -0.4 is 0 Å². The minimum Gasteiger partial charge on any atom is -0.337 e. The molecule has 2 aromatic carbocycles. The third kappa shape index (κ3) is 4.44. The van der Waals surface area contributed by atoms with E-state index >= 15 is 0 Å². The van der Waals surface area contributed by atoms with Gasteiger partial charge in [-0.2, -0.15) is 10.2 Å². The Morgan fingerprint density at radius 2 is 1.82 bits per heavy atom. The number of rotatable bonds is 6. The number of hydrogen-bond donors (Lipinski definition) is 0. The average molecular weight is 470 g/mol. The summed E-state index contributed by atoms with van der Waals surface area (Å²) in [5, 5.41) is 9.55. The van der Waals surface area contributed by atoms with Crippen LogP contribution >= 0.6 is 11.6 Å². The highest BCUT2D eigenvalue weighted by atomic mass is 35.5. The Morgan fingerprint density at radius 3 is 2.56 bits per heavy atom. The standard InChI is InChI=1S/C25H20ClN7O/c1-31(25(34)19-11-12-28-23(13-19)33-17-27-16-29-33)14-20-15-32(22-5-3-2-4-6-22)30-24(20)18-7-9-21(26)10-8-18/h2-13,15-17H,14H2,1H3. The van der Waals surface area contributed by atoms with Crippen molar-refractivity contribution in [3.63, 3.8) is 0 Å². The Kier molecular flexibility index (Phi) is 5.88. The van der Waals surface area contributed by atoms with E-state index in [9.17, 15) is 4.79 Å². The second-order valence-corrected chi connectivity index (χ2v) is 8.13. The Bertz CT molecular complexity index is 1410. The van der Waals surface area contributed by atoms with Crippen LogP contribution in [0.25, 0.3) is 22.8 Å². The summed E-state index contributed by atoms with van der Waals surface area (Å²) in [5.41, 5.74) is 4.06. The molecule has 0 atom stereocenters. The molecule has 1 amide bonds. The topological polar surface area (TPSA) is 81.7 Å². The van der Waals surface area contributed by atoms with Crippen molar-refractivity contribution in [2.45, 2.75) is 6.54 Å². The minimum atomic E-state index is -0.140. The number of carbonyl (C=O) groups is 1. The second-order valence-electron chi connectivity index (χ2n) is 7.69. The molecular weight excluding hydrogens is 450 g/mol. The zero-order valence-corrected chi connectivity index (χ0v) is 19.0. The van der Waals surface area contributed by atoms with Gasteiger partial charge in [0, 0.05) is 47.7 Å². The van der Waals surface area contributed by atoms with E-state index in [-0.39, 0.29) is 5.91 Å². The SMILES string of the molecule is CN(Cc1cn(-c2ccccc2)nc1-c1ccc(Cl)cc1)C(=O)c1ccnc(-n2cncn2)c1. The van der Waals surface area contributed by atoms with Crippen molar-refractivity contribution in [3.8, 4) is 22.8 Å². The molecular formula is C25H20ClN7O. The van der Waals surface area contributed by atoms with E-state index < -0.39 is 0 Å². The van der Waals surface area contributed by atoms with Crippen molar-refractivity contribution in [3.05, 3.63) is 108 Å². The molecule has 5 rings (SSSR count). The number of carbonyl (C=O) groups excluding carboxylic acids is 1. The van der Waals surface area contributed by atoms with Gasteiger partial charge in [0.1, 0.15) is 12.7 Å². The van der Waals surface area contributed by atoms with Crippen LogP contribution in [0, 0.1) is 0 Å². The highest BCUT2D eigenvalue weighted by molar-refractivity contribution is 6.30. The maximum atomic E-state index is 13.2. The van der Waals surface area contributed by atoms with Gasteiger partial charge in [0.05, 0.1) is 11.4 Å². The van der Waals surface area contributed by atoms with Crippen molar-refractivity contribution in [2.75, 3.05) is 7.05 Å². The summed E-state index contributed by atoms with van der Waals surface area (Å²) >= 11 is 6.09. The summed E-state index contributed by atoms with van der Waals surface area (Å²) < 4.78 is 3.34. The lowest BCUT2D eigenvalue weighted by Crippen LogP contribution is -2.26. The molecule has 0 N–H and O–H groups in total. The molecule has 0 radical (unpaired) electrons. The minimum absolute atomic E-state index is 0.140. The highest BCUT2D eigenvalue weighted by Crippen LogP contribution is 2.26. The van der Waals surface area contributed by atoms with Gasteiger partial charge in [-0.3, -0.25) is 4.79 Å². The monoisotopic (exact) mass is 469 g/mol. The maximum absolute atomic E-state index is 13.2. The summed E-state index contributed by atoms with van der Waals surface area (Å²) in [5.74, 6) is 0.383. The third-order valence-electron chi connectivity index (χ3n) is 5.33. The Balaban J connectivity index is 1.46. The Morgan fingerprint density at radius 1 is 1.03 bits per heavy atom. The van der Waals surface area contributed by atoms with Gasteiger partial charge in [0.25, 0.3) is 5.91 Å². The lowest BCUT2D eigenvalue weighted by atomic mass is 10.1. The zero-order chi connectivity index (χ0) is 23.5. The molecule has 0 unspecified atom stereocenters. The van der Waals surface area contributed by atoms with E-state index in [0.717, 1.165) is 22.5 Å². The first-order chi connectivity index (χ1) is 16.6. The van der Waals surface area contributed by atoms with Gasteiger partial charge in [-0.1, -0.05) is 41.9 Å². The normalized spacial score (nSPS) is 10.9. The first-order valence-corrected chi connectivity index (χ1v) is 10.9. The first-order valence-electron chi connectivity index (χ1n) is 10.5. The van der Waals surface area contributed by atoms with Crippen LogP contribution in [0.3, 0.4) is 0 Å². The summed E-state index contributed by atoms with van der Waals surface area (Å²) in [6, 6.07) is 20.8. The van der Waals surface area contributed by atoms with Crippen molar-refractivity contribution >= 4 is 17.5 Å². The molecule has 0 aliphatic rings. The van der Waals surface area contributed by atoms with Gasteiger partial charge >= 0.3 is 0 Å². The van der Waals surface area contributed by atoms with E-state index in [4.69, 9.17) is 16.7 Å². The number of aromatic nitrogens is 6. The number of benzene rings is 2. The molecule has 0 spiro atoms. The molecule has 0 aliphatic carbocycles. The first kappa shape index (κ1) is 21.5. The lowest BCUT2D eigenvalue weighted by Gasteiger charge is -2.17. The fourth-order valence-corrected chi connectivity index (χ4v) is 3.77. The van der Waals surface area contributed by atoms with E-state index in [1.807, 2.05) is 65.5 Å².